The van der Waals surface area contributed by atoms with Crippen molar-refractivity contribution in [2.75, 3.05) is 0 Å². The molecule has 0 aromatic heterocycles. The molecule has 0 amide bonds. The van der Waals surface area contributed by atoms with Gasteiger partial charge in [0.05, 0.1) is 0 Å². The van der Waals surface area contributed by atoms with Crippen molar-refractivity contribution in [2.45, 2.75) is 50.2 Å². The van der Waals surface area contributed by atoms with Crippen molar-refractivity contribution >= 4 is 6.08 Å². The highest BCUT2D eigenvalue weighted by Crippen LogP contribution is 2.34. The molecule has 2 unspecified atom stereocenters. The Kier molecular flexibility index (Phi) is 4.00. The average Bonchev–Trinajstić information content (AvgIpc) is 3.19. The average molecular weight is 256 g/mol. The minimum Gasteiger partial charge on any atom is -0.328 e. The summed E-state index contributed by atoms with van der Waals surface area (Å²) in [6.07, 6.45) is 10.8. The zero-order valence-electron chi connectivity index (χ0n) is 11.5. The first-order chi connectivity index (χ1) is 9.31. The van der Waals surface area contributed by atoms with E-state index < -0.39 is 0 Å². The zero-order chi connectivity index (χ0) is 13.1. The van der Waals surface area contributed by atoms with Gasteiger partial charge in [0.2, 0.25) is 0 Å². The number of benzene rings is 1. The molecule has 2 heteroatoms. The highest BCUT2D eigenvalue weighted by atomic mass is 15.0. The molecule has 1 aromatic rings. The third-order valence-electron chi connectivity index (χ3n) is 4.40. The molecule has 2 aliphatic carbocycles. The van der Waals surface area contributed by atoms with E-state index in [1.165, 1.54) is 37.7 Å². The lowest BCUT2D eigenvalue weighted by Gasteiger charge is -2.27. The van der Waals surface area contributed by atoms with E-state index in [0.29, 0.717) is 18.1 Å². The summed E-state index contributed by atoms with van der Waals surface area (Å²) in [5.74, 6) is 0.732. The maximum absolute atomic E-state index is 5.94. The summed E-state index contributed by atoms with van der Waals surface area (Å²) in [5.41, 5.74) is 7.25. The van der Waals surface area contributed by atoms with Crippen LogP contribution in [0, 0.1) is 5.92 Å². The van der Waals surface area contributed by atoms with Gasteiger partial charge < -0.3 is 11.1 Å². The number of hydrogen-bond donors (Lipinski definition) is 2. The first kappa shape index (κ1) is 12.9. The molecule has 3 N–H and O–H groups in total. The van der Waals surface area contributed by atoms with Crippen LogP contribution in [0.5, 0.6) is 0 Å². The Hall–Kier alpha value is -1.12. The summed E-state index contributed by atoms with van der Waals surface area (Å²) < 4.78 is 0. The van der Waals surface area contributed by atoms with Crippen LogP contribution in [0.15, 0.2) is 36.4 Å². The van der Waals surface area contributed by atoms with Gasteiger partial charge in [-0.1, -0.05) is 42.5 Å². The molecule has 2 fully saturated rings. The van der Waals surface area contributed by atoms with E-state index in [-0.39, 0.29) is 0 Å². The minimum absolute atomic E-state index is 0.450. The van der Waals surface area contributed by atoms with Crippen LogP contribution in [0.2, 0.25) is 0 Å². The van der Waals surface area contributed by atoms with Gasteiger partial charge in [-0.15, -0.1) is 0 Å². The van der Waals surface area contributed by atoms with Gasteiger partial charge in [0.15, 0.2) is 0 Å². The lowest BCUT2D eigenvalue weighted by Crippen LogP contribution is -2.38. The van der Waals surface area contributed by atoms with Crippen LogP contribution in [-0.4, -0.2) is 18.1 Å². The van der Waals surface area contributed by atoms with Crippen LogP contribution in [0.4, 0.5) is 0 Å². The second kappa shape index (κ2) is 5.89. The molecule has 2 atom stereocenters. The van der Waals surface area contributed by atoms with E-state index in [1.54, 1.807) is 0 Å². The Balaban J connectivity index is 1.43. The minimum atomic E-state index is 0.450. The quantitative estimate of drug-likeness (QED) is 0.869. The molecule has 0 bridgehead atoms. The first-order valence-corrected chi connectivity index (χ1v) is 7.56. The first-order valence-electron chi connectivity index (χ1n) is 7.56. The topological polar surface area (TPSA) is 38.0 Å². The van der Waals surface area contributed by atoms with Gasteiger partial charge in [0, 0.05) is 18.1 Å². The fourth-order valence-electron chi connectivity index (χ4n) is 3.01. The van der Waals surface area contributed by atoms with Gasteiger partial charge in [-0.2, -0.15) is 0 Å². The van der Waals surface area contributed by atoms with Crippen molar-refractivity contribution in [2.24, 2.45) is 11.7 Å². The molecule has 1 aromatic carbocycles. The Morgan fingerprint density at radius 1 is 1.05 bits per heavy atom. The molecule has 0 aliphatic heterocycles. The fourth-order valence-corrected chi connectivity index (χ4v) is 3.01. The van der Waals surface area contributed by atoms with E-state index in [0.717, 1.165) is 5.92 Å². The summed E-state index contributed by atoms with van der Waals surface area (Å²) in [4.78, 5) is 0. The zero-order valence-corrected chi connectivity index (χ0v) is 11.5. The number of hydrogen-bond acceptors (Lipinski definition) is 2. The Morgan fingerprint density at radius 2 is 1.79 bits per heavy atom. The Morgan fingerprint density at radius 3 is 2.53 bits per heavy atom. The van der Waals surface area contributed by atoms with Crippen LogP contribution in [0.25, 0.3) is 6.08 Å². The molecule has 0 saturated heterocycles. The van der Waals surface area contributed by atoms with E-state index in [9.17, 15) is 0 Å². The summed E-state index contributed by atoms with van der Waals surface area (Å²) in [6.45, 7) is 0. The summed E-state index contributed by atoms with van der Waals surface area (Å²) in [7, 11) is 0. The largest absolute Gasteiger partial charge is 0.328 e. The van der Waals surface area contributed by atoms with Crippen molar-refractivity contribution in [3.8, 4) is 0 Å². The van der Waals surface area contributed by atoms with Gasteiger partial charge in [-0.3, -0.25) is 0 Å². The van der Waals surface area contributed by atoms with Crippen LogP contribution < -0.4 is 11.1 Å². The van der Waals surface area contributed by atoms with Crippen LogP contribution in [-0.2, 0) is 0 Å². The molecule has 3 rings (SSSR count). The molecule has 2 nitrogen and oxygen atoms in total. The molecule has 102 valence electrons. The molecule has 0 radical (unpaired) electrons. The third kappa shape index (κ3) is 3.68. The standard InChI is InChI=1S/C17H24N2/c18-15-8-10-16(11-9-15)19-17-12-14(17)7-6-13-4-2-1-3-5-13/h1-7,14-17,19H,8-12,18H2/b7-6+. The van der Waals surface area contributed by atoms with Gasteiger partial charge in [-0.05, 0) is 43.6 Å². The highest BCUT2D eigenvalue weighted by molar-refractivity contribution is 5.49. The predicted octanol–water partition coefficient (Wildman–Crippen LogP) is 2.95. The van der Waals surface area contributed by atoms with Gasteiger partial charge in [-0.25, -0.2) is 0 Å². The van der Waals surface area contributed by atoms with E-state index in [2.05, 4.69) is 47.8 Å². The van der Waals surface area contributed by atoms with Crippen LogP contribution in [0.3, 0.4) is 0 Å². The lowest BCUT2D eigenvalue weighted by atomic mass is 9.92. The van der Waals surface area contributed by atoms with Crippen LogP contribution >= 0.6 is 0 Å². The predicted molar refractivity (Wildman–Crippen MR) is 80.7 cm³/mol. The van der Waals surface area contributed by atoms with Crippen molar-refractivity contribution in [3.63, 3.8) is 0 Å². The number of rotatable bonds is 4. The Labute approximate surface area is 116 Å². The van der Waals surface area contributed by atoms with Crippen molar-refractivity contribution in [3.05, 3.63) is 42.0 Å². The Bertz CT molecular complexity index is 418. The molecule has 0 spiro atoms. The number of nitrogens with two attached hydrogens (primary N) is 1. The normalized spacial score (nSPS) is 34.6. The molecular weight excluding hydrogens is 232 g/mol. The molecule has 2 saturated carbocycles. The SMILES string of the molecule is NC1CCC(NC2CC2/C=C/c2ccccc2)CC1. The molecular formula is C17H24N2. The highest BCUT2D eigenvalue weighted by Gasteiger charge is 2.36. The van der Waals surface area contributed by atoms with E-state index >= 15 is 0 Å². The summed E-state index contributed by atoms with van der Waals surface area (Å²) >= 11 is 0. The van der Waals surface area contributed by atoms with E-state index in [1.807, 2.05) is 0 Å². The molecule has 19 heavy (non-hydrogen) atoms. The van der Waals surface area contributed by atoms with Crippen molar-refractivity contribution < 1.29 is 0 Å². The summed E-state index contributed by atoms with van der Waals surface area (Å²) in [6, 6.07) is 12.4. The maximum atomic E-state index is 5.94. The smallest absolute Gasteiger partial charge is 0.0139 e. The van der Waals surface area contributed by atoms with Crippen LogP contribution in [0.1, 0.15) is 37.7 Å². The molecule has 0 heterocycles. The lowest BCUT2D eigenvalue weighted by molar-refractivity contribution is 0.339. The van der Waals surface area contributed by atoms with Gasteiger partial charge >= 0.3 is 0 Å². The van der Waals surface area contributed by atoms with E-state index in [4.69, 9.17) is 5.73 Å². The monoisotopic (exact) mass is 256 g/mol. The maximum Gasteiger partial charge on any atom is 0.0139 e. The van der Waals surface area contributed by atoms with Gasteiger partial charge in [0.1, 0.15) is 0 Å². The number of nitrogens with one attached hydrogen (secondary N) is 1. The van der Waals surface area contributed by atoms with Crippen molar-refractivity contribution in [1.82, 2.24) is 5.32 Å². The van der Waals surface area contributed by atoms with Gasteiger partial charge in [0.25, 0.3) is 0 Å². The van der Waals surface area contributed by atoms with Crippen molar-refractivity contribution in [1.29, 1.82) is 0 Å². The third-order valence-corrected chi connectivity index (χ3v) is 4.40. The second-order valence-corrected chi connectivity index (χ2v) is 6.05. The summed E-state index contributed by atoms with van der Waals surface area (Å²) in [5, 5.41) is 3.79. The molecule has 2 aliphatic rings. The fraction of sp³-hybridized carbons (Fsp3) is 0.529. The second-order valence-electron chi connectivity index (χ2n) is 6.05.